The van der Waals surface area contributed by atoms with Gasteiger partial charge in [-0.25, -0.2) is 9.78 Å². The summed E-state index contributed by atoms with van der Waals surface area (Å²) in [6, 6.07) is 16.1. The summed E-state index contributed by atoms with van der Waals surface area (Å²) in [6.45, 7) is 3.93. The number of rotatable bonds is 4. The number of hydrogen-bond acceptors (Lipinski definition) is 6. The second-order valence-electron chi connectivity index (χ2n) is 7.19. The maximum Gasteiger partial charge on any atom is 0.338 e. The Hall–Kier alpha value is -4.51. The van der Waals surface area contributed by atoms with Gasteiger partial charge in [0.15, 0.2) is 11.6 Å². The number of para-hydroxylation sites is 1. The van der Waals surface area contributed by atoms with Gasteiger partial charge in [0, 0.05) is 5.39 Å². The molecule has 32 heavy (non-hydrogen) atoms. The van der Waals surface area contributed by atoms with Crippen molar-refractivity contribution in [3.63, 3.8) is 0 Å². The first-order valence-corrected chi connectivity index (χ1v) is 9.78. The zero-order chi connectivity index (χ0) is 22.8. The molecule has 4 rings (SSSR count). The van der Waals surface area contributed by atoms with Gasteiger partial charge in [0.25, 0.3) is 5.91 Å². The molecule has 8 nitrogen and oxygen atoms in total. The molecule has 0 unspecified atom stereocenters. The van der Waals surface area contributed by atoms with Crippen LogP contribution in [0.2, 0.25) is 0 Å². The number of methoxy groups -OCH3 is 1. The fraction of sp³-hybridized carbons (Fsp3) is 0.125. The SMILES string of the molecule is COC(=O)c1ccccc1C(=O)Nc1c(C#N)cnn1-c1cc(C)c2cccc(C)c2n1. The maximum atomic E-state index is 13.0. The van der Waals surface area contributed by atoms with Crippen LogP contribution in [-0.2, 0) is 4.74 Å². The molecule has 0 spiro atoms. The second kappa shape index (κ2) is 8.32. The monoisotopic (exact) mass is 425 g/mol. The van der Waals surface area contributed by atoms with E-state index >= 15 is 0 Å². The van der Waals surface area contributed by atoms with E-state index in [4.69, 9.17) is 9.72 Å². The van der Waals surface area contributed by atoms with E-state index in [-0.39, 0.29) is 22.5 Å². The van der Waals surface area contributed by atoms with Gasteiger partial charge in [-0.2, -0.15) is 15.0 Å². The van der Waals surface area contributed by atoms with Gasteiger partial charge in [0.05, 0.1) is 30.0 Å². The summed E-state index contributed by atoms with van der Waals surface area (Å²) in [5, 5.41) is 17.6. The summed E-state index contributed by atoms with van der Waals surface area (Å²) in [4.78, 5) is 29.8. The third kappa shape index (κ3) is 3.56. The summed E-state index contributed by atoms with van der Waals surface area (Å²) < 4.78 is 6.18. The average Bonchev–Trinajstić information content (AvgIpc) is 3.21. The Bertz CT molecular complexity index is 1420. The van der Waals surface area contributed by atoms with Crippen LogP contribution in [0.4, 0.5) is 5.82 Å². The lowest BCUT2D eigenvalue weighted by Gasteiger charge is -2.13. The first-order valence-electron chi connectivity index (χ1n) is 9.78. The first-order chi connectivity index (χ1) is 15.4. The minimum absolute atomic E-state index is 0.118. The van der Waals surface area contributed by atoms with Crippen molar-refractivity contribution in [2.75, 3.05) is 12.4 Å². The molecular weight excluding hydrogens is 406 g/mol. The van der Waals surface area contributed by atoms with Crippen LogP contribution in [0.1, 0.15) is 37.4 Å². The highest BCUT2D eigenvalue weighted by Gasteiger charge is 2.21. The molecule has 1 N–H and O–H groups in total. The number of pyridine rings is 1. The molecular formula is C24H19N5O3. The fourth-order valence-corrected chi connectivity index (χ4v) is 3.52. The molecule has 0 radical (unpaired) electrons. The molecule has 0 saturated heterocycles. The van der Waals surface area contributed by atoms with E-state index in [9.17, 15) is 14.9 Å². The molecule has 0 aliphatic carbocycles. The molecule has 0 fully saturated rings. The molecule has 158 valence electrons. The number of benzene rings is 2. The van der Waals surface area contributed by atoms with Gasteiger partial charge in [-0.15, -0.1) is 0 Å². The quantitative estimate of drug-likeness (QED) is 0.496. The maximum absolute atomic E-state index is 13.0. The van der Waals surface area contributed by atoms with Gasteiger partial charge in [0.2, 0.25) is 0 Å². The molecule has 2 heterocycles. The Labute approximate surface area is 184 Å². The number of fused-ring (bicyclic) bond motifs is 1. The normalized spacial score (nSPS) is 10.6. The topological polar surface area (TPSA) is 110 Å². The van der Waals surface area contributed by atoms with Gasteiger partial charge < -0.3 is 10.1 Å². The van der Waals surface area contributed by atoms with E-state index in [0.717, 1.165) is 22.0 Å². The smallest absolute Gasteiger partial charge is 0.338 e. The van der Waals surface area contributed by atoms with Crippen LogP contribution >= 0.6 is 0 Å². The van der Waals surface area contributed by atoms with E-state index in [1.165, 1.54) is 30.1 Å². The van der Waals surface area contributed by atoms with Crippen LogP contribution in [0.25, 0.3) is 16.7 Å². The van der Waals surface area contributed by atoms with Crippen molar-refractivity contribution in [3.05, 3.63) is 82.5 Å². The third-order valence-electron chi connectivity index (χ3n) is 5.15. The Kier molecular flexibility index (Phi) is 5.39. The average molecular weight is 425 g/mol. The van der Waals surface area contributed by atoms with Gasteiger partial charge in [-0.1, -0.05) is 30.3 Å². The Morgan fingerprint density at radius 3 is 2.53 bits per heavy atom. The standard InChI is InChI=1S/C24H19N5O3/c1-14-7-6-10-17-15(2)11-20(27-21(14)17)29-22(16(12-25)13-26-29)28-23(30)18-8-4-5-9-19(18)24(31)32-3/h4-11,13H,1-3H3,(H,28,30). The zero-order valence-corrected chi connectivity index (χ0v) is 17.7. The van der Waals surface area contributed by atoms with E-state index in [2.05, 4.69) is 10.4 Å². The van der Waals surface area contributed by atoms with Crippen molar-refractivity contribution >= 4 is 28.6 Å². The molecule has 2 aromatic carbocycles. The lowest BCUT2D eigenvalue weighted by atomic mass is 10.1. The zero-order valence-electron chi connectivity index (χ0n) is 17.7. The number of hydrogen-bond donors (Lipinski definition) is 1. The van der Waals surface area contributed by atoms with Gasteiger partial charge in [-0.05, 0) is 43.2 Å². The van der Waals surface area contributed by atoms with Crippen LogP contribution in [0.5, 0.6) is 0 Å². The number of ether oxygens (including phenoxy) is 1. The molecule has 1 amide bonds. The van der Waals surface area contributed by atoms with Crippen molar-refractivity contribution in [3.8, 4) is 11.9 Å². The lowest BCUT2D eigenvalue weighted by Crippen LogP contribution is -2.19. The summed E-state index contributed by atoms with van der Waals surface area (Å²) in [7, 11) is 1.25. The Morgan fingerprint density at radius 1 is 1.06 bits per heavy atom. The van der Waals surface area contributed by atoms with Gasteiger partial charge >= 0.3 is 5.97 Å². The predicted octanol–water partition coefficient (Wildman–Crippen LogP) is 3.95. The molecule has 0 bridgehead atoms. The van der Waals surface area contributed by atoms with Crippen molar-refractivity contribution in [1.29, 1.82) is 5.26 Å². The number of esters is 1. The molecule has 0 atom stereocenters. The van der Waals surface area contributed by atoms with E-state index in [1.807, 2.05) is 44.2 Å². The number of aromatic nitrogens is 3. The fourth-order valence-electron chi connectivity index (χ4n) is 3.52. The number of amides is 1. The summed E-state index contributed by atoms with van der Waals surface area (Å²) in [6.07, 6.45) is 1.36. The number of anilines is 1. The highest BCUT2D eigenvalue weighted by molar-refractivity contribution is 6.11. The highest BCUT2D eigenvalue weighted by Crippen LogP contribution is 2.26. The number of carbonyl (C=O) groups is 2. The van der Waals surface area contributed by atoms with Crippen LogP contribution in [0.15, 0.2) is 54.7 Å². The van der Waals surface area contributed by atoms with Crippen molar-refractivity contribution in [2.24, 2.45) is 0 Å². The molecule has 8 heteroatoms. The number of carbonyl (C=O) groups excluding carboxylic acids is 2. The Balaban J connectivity index is 1.81. The van der Waals surface area contributed by atoms with Crippen molar-refractivity contribution in [2.45, 2.75) is 13.8 Å². The third-order valence-corrected chi connectivity index (χ3v) is 5.15. The van der Waals surface area contributed by atoms with Crippen molar-refractivity contribution < 1.29 is 14.3 Å². The molecule has 0 aliphatic heterocycles. The highest BCUT2D eigenvalue weighted by atomic mass is 16.5. The van der Waals surface area contributed by atoms with E-state index in [0.29, 0.717) is 5.82 Å². The van der Waals surface area contributed by atoms with Crippen LogP contribution in [0, 0.1) is 25.2 Å². The number of nitrogens with one attached hydrogen (secondary N) is 1. The minimum atomic E-state index is -0.632. The number of aryl methyl sites for hydroxylation is 2. The molecule has 2 aromatic heterocycles. The molecule has 0 saturated carbocycles. The summed E-state index contributed by atoms with van der Waals surface area (Å²) in [5.41, 5.74) is 3.19. The second-order valence-corrected chi connectivity index (χ2v) is 7.19. The van der Waals surface area contributed by atoms with Crippen LogP contribution in [-0.4, -0.2) is 33.8 Å². The van der Waals surface area contributed by atoms with Crippen LogP contribution < -0.4 is 5.32 Å². The van der Waals surface area contributed by atoms with E-state index < -0.39 is 11.9 Å². The first kappa shape index (κ1) is 20.8. The van der Waals surface area contributed by atoms with Crippen LogP contribution in [0.3, 0.4) is 0 Å². The summed E-state index contributed by atoms with van der Waals surface area (Å²) >= 11 is 0. The molecule has 0 aliphatic rings. The van der Waals surface area contributed by atoms with Gasteiger partial charge in [0.1, 0.15) is 11.6 Å². The number of nitriles is 1. The lowest BCUT2D eigenvalue weighted by molar-refractivity contribution is 0.0597. The molecule has 4 aromatic rings. The largest absolute Gasteiger partial charge is 0.465 e. The Morgan fingerprint density at radius 2 is 1.81 bits per heavy atom. The summed E-state index contributed by atoms with van der Waals surface area (Å²) in [5.74, 6) is -0.579. The predicted molar refractivity (Wildman–Crippen MR) is 119 cm³/mol. The van der Waals surface area contributed by atoms with Crippen molar-refractivity contribution in [1.82, 2.24) is 14.8 Å². The van der Waals surface area contributed by atoms with Gasteiger partial charge in [-0.3, -0.25) is 4.79 Å². The minimum Gasteiger partial charge on any atom is -0.465 e. The van der Waals surface area contributed by atoms with E-state index in [1.54, 1.807) is 12.1 Å². The number of nitrogens with zero attached hydrogens (tertiary/aromatic N) is 4.